The second-order valence-corrected chi connectivity index (χ2v) is 14.0. The Kier molecular flexibility index (Phi) is 22.7. The fourth-order valence-electron chi connectivity index (χ4n) is 5.50. The van der Waals surface area contributed by atoms with Crippen molar-refractivity contribution in [3.8, 4) is 17.6 Å². The SMILES string of the molecule is CC#CCOc1ccc(C[C@H](NC(=O)[C@@H](/C=C/CCCCCCC(=O)CCCCCCC)[C@@](O)(CC(=O)NOC)C(=O)OC(C)(C)C)C(=O)OC)cc1. The van der Waals surface area contributed by atoms with Gasteiger partial charge in [-0.2, -0.15) is 0 Å². The molecular weight excluding hydrogens is 680 g/mol. The van der Waals surface area contributed by atoms with Crippen LogP contribution < -0.4 is 15.5 Å². The van der Waals surface area contributed by atoms with Crippen LogP contribution in [-0.4, -0.2) is 72.7 Å². The normalized spacial score (nSPS) is 13.5. The topological polar surface area (TPSA) is 167 Å². The standard InChI is InChI=1S/C41H62N2O10/c1-8-10-12-15-18-21-32(44)22-19-16-13-14-17-20-23-34(41(49,30-36(45)43-51-7)39(48)53-40(3,4)5)37(46)42-35(38(47)50-6)29-31-24-26-33(27-25-31)52-28-11-9-2/h20,23-27,34-35,49H,8,10,12-19,21-22,28-30H2,1-7H3,(H,42,46)(H,43,45)/b23-20+/t34-,35+,41+/m1/s1. The van der Waals surface area contributed by atoms with E-state index < -0.39 is 53.3 Å². The number of ketones is 1. The van der Waals surface area contributed by atoms with Gasteiger partial charge in [-0.3, -0.25) is 19.2 Å². The van der Waals surface area contributed by atoms with Gasteiger partial charge in [0.2, 0.25) is 11.8 Å². The molecular formula is C41H62N2O10. The third-order valence-corrected chi connectivity index (χ3v) is 8.31. The Labute approximate surface area is 316 Å². The number of hydroxylamine groups is 1. The van der Waals surface area contributed by atoms with Crippen molar-refractivity contribution in [2.24, 2.45) is 5.92 Å². The van der Waals surface area contributed by atoms with Crippen LogP contribution in [0.3, 0.4) is 0 Å². The van der Waals surface area contributed by atoms with E-state index >= 15 is 0 Å². The van der Waals surface area contributed by atoms with Gasteiger partial charge in [-0.05, 0) is 71.1 Å². The summed E-state index contributed by atoms with van der Waals surface area (Å²) < 4.78 is 16.0. The minimum atomic E-state index is -2.69. The quantitative estimate of drug-likeness (QED) is 0.0344. The van der Waals surface area contributed by atoms with Gasteiger partial charge in [0, 0.05) is 19.3 Å². The number of aliphatic hydroxyl groups is 1. The number of unbranched alkanes of at least 4 members (excludes halogenated alkanes) is 8. The van der Waals surface area contributed by atoms with E-state index in [0.717, 1.165) is 38.5 Å². The Balaban J connectivity index is 3.19. The van der Waals surface area contributed by atoms with Crippen LogP contribution in [0.5, 0.6) is 5.75 Å². The van der Waals surface area contributed by atoms with Crippen LogP contribution in [0.15, 0.2) is 36.4 Å². The number of Topliss-reactive ketones (excluding diaryl/α,β-unsaturated/α-hetero) is 1. The van der Waals surface area contributed by atoms with Crippen molar-refractivity contribution in [2.45, 2.75) is 142 Å². The highest BCUT2D eigenvalue weighted by Gasteiger charge is 2.51. The van der Waals surface area contributed by atoms with E-state index in [1.165, 1.54) is 39.6 Å². The van der Waals surface area contributed by atoms with Gasteiger partial charge in [0.25, 0.3) is 0 Å². The third-order valence-electron chi connectivity index (χ3n) is 8.31. The summed E-state index contributed by atoms with van der Waals surface area (Å²) in [5, 5.41) is 14.6. The number of allylic oxidation sites excluding steroid dienone is 1. The highest BCUT2D eigenvalue weighted by atomic mass is 16.6. The number of ether oxygens (including phenoxy) is 3. The Bertz CT molecular complexity index is 1370. The van der Waals surface area contributed by atoms with Crippen LogP contribution in [0.4, 0.5) is 0 Å². The summed E-state index contributed by atoms with van der Waals surface area (Å²) in [5.41, 5.74) is -1.02. The van der Waals surface area contributed by atoms with E-state index in [-0.39, 0.29) is 13.0 Å². The number of esters is 2. The van der Waals surface area contributed by atoms with Crippen LogP contribution in [-0.2, 0) is 44.7 Å². The lowest BCUT2D eigenvalue weighted by molar-refractivity contribution is -0.186. The molecule has 0 aliphatic heterocycles. The number of benzene rings is 1. The summed E-state index contributed by atoms with van der Waals surface area (Å²) in [4.78, 5) is 70.2. The predicted octanol–water partition coefficient (Wildman–Crippen LogP) is 5.87. The zero-order valence-corrected chi connectivity index (χ0v) is 32.8. The highest BCUT2D eigenvalue weighted by Crippen LogP contribution is 2.29. The third kappa shape index (κ3) is 19.4. The van der Waals surface area contributed by atoms with E-state index in [1.54, 1.807) is 58.0 Å². The number of carbonyl (C=O) groups excluding carboxylic acids is 5. The van der Waals surface area contributed by atoms with E-state index in [4.69, 9.17) is 19.0 Å². The van der Waals surface area contributed by atoms with E-state index in [1.807, 2.05) is 0 Å². The molecule has 0 aromatic heterocycles. The summed E-state index contributed by atoms with van der Waals surface area (Å²) >= 11 is 0. The van der Waals surface area contributed by atoms with Crippen molar-refractivity contribution in [1.82, 2.24) is 10.8 Å². The molecule has 53 heavy (non-hydrogen) atoms. The molecule has 2 amide bonds. The molecule has 12 nitrogen and oxygen atoms in total. The van der Waals surface area contributed by atoms with E-state index in [9.17, 15) is 29.1 Å². The molecule has 0 aliphatic rings. The van der Waals surface area contributed by atoms with Crippen molar-refractivity contribution in [2.75, 3.05) is 20.8 Å². The van der Waals surface area contributed by atoms with Crippen LogP contribution in [0.2, 0.25) is 0 Å². The smallest absolute Gasteiger partial charge is 0.340 e. The minimum absolute atomic E-state index is 0.0142. The van der Waals surface area contributed by atoms with Crippen molar-refractivity contribution in [3.05, 3.63) is 42.0 Å². The highest BCUT2D eigenvalue weighted by molar-refractivity contribution is 5.96. The summed E-state index contributed by atoms with van der Waals surface area (Å²) in [6.45, 7) is 8.86. The Morgan fingerprint density at radius 1 is 0.906 bits per heavy atom. The van der Waals surface area contributed by atoms with Gasteiger partial charge in [0.05, 0.1) is 26.6 Å². The monoisotopic (exact) mass is 742 g/mol. The second kappa shape index (κ2) is 25.7. The van der Waals surface area contributed by atoms with Crippen LogP contribution in [0.25, 0.3) is 0 Å². The molecule has 0 fully saturated rings. The average molecular weight is 743 g/mol. The van der Waals surface area contributed by atoms with Gasteiger partial charge >= 0.3 is 11.9 Å². The number of methoxy groups -OCH3 is 1. The van der Waals surface area contributed by atoms with Crippen LogP contribution in [0.1, 0.15) is 124 Å². The molecule has 1 rings (SSSR count). The molecule has 296 valence electrons. The van der Waals surface area contributed by atoms with Gasteiger partial charge in [-0.1, -0.05) is 75.7 Å². The summed E-state index contributed by atoms with van der Waals surface area (Å²) in [6, 6.07) is 5.65. The van der Waals surface area contributed by atoms with Gasteiger partial charge in [0.15, 0.2) is 5.60 Å². The Morgan fingerprint density at radius 2 is 1.53 bits per heavy atom. The summed E-state index contributed by atoms with van der Waals surface area (Å²) in [6.07, 6.45) is 12.6. The van der Waals surface area contributed by atoms with Crippen molar-refractivity contribution >= 4 is 29.5 Å². The van der Waals surface area contributed by atoms with Crippen LogP contribution in [0, 0.1) is 17.8 Å². The first kappa shape index (κ1) is 46.8. The molecule has 0 saturated heterocycles. The first-order valence-corrected chi connectivity index (χ1v) is 18.7. The lowest BCUT2D eigenvalue weighted by atomic mass is 9.82. The molecule has 12 heteroatoms. The van der Waals surface area contributed by atoms with Crippen molar-refractivity contribution < 1.29 is 48.1 Å². The Hall–Kier alpha value is -4.21. The molecule has 0 heterocycles. The molecule has 0 bridgehead atoms. The fraction of sp³-hybridized carbons (Fsp3) is 0.634. The van der Waals surface area contributed by atoms with Gasteiger partial charge in [-0.15, -0.1) is 5.92 Å². The number of nitrogens with one attached hydrogen (secondary N) is 2. The van der Waals surface area contributed by atoms with Crippen molar-refractivity contribution in [1.29, 1.82) is 0 Å². The number of rotatable bonds is 26. The maximum absolute atomic E-state index is 14.1. The molecule has 1 aromatic carbocycles. The maximum Gasteiger partial charge on any atom is 0.340 e. The lowest BCUT2D eigenvalue weighted by Gasteiger charge is -2.34. The number of hydrogen-bond donors (Lipinski definition) is 3. The van der Waals surface area contributed by atoms with Gasteiger partial charge in [-0.25, -0.2) is 15.1 Å². The molecule has 0 saturated carbocycles. The number of carbonyl (C=O) groups is 5. The number of hydrogen-bond acceptors (Lipinski definition) is 10. The largest absolute Gasteiger partial charge is 0.481 e. The second-order valence-electron chi connectivity index (χ2n) is 14.0. The molecule has 3 N–H and O–H groups in total. The predicted molar refractivity (Wildman–Crippen MR) is 202 cm³/mol. The van der Waals surface area contributed by atoms with Gasteiger partial charge in [0.1, 0.15) is 29.8 Å². The first-order valence-electron chi connectivity index (χ1n) is 18.7. The van der Waals surface area contributed by atoms with E-state index in [0.29, 0.717) is 36.4 Å². The molecule has 1 aromatic rings. The minimum Gasteiger partial charge on any atom is -0.481 e. The zero-order chi connectivity index (χ0) is 39.7. The zero-order valence-electron chi connectivity index (χ0n) is 32.8. The maximum atomic E-state index is 14.1. The molecule has 0 unspecified atom stereocenters. The molecule has 0 aliphatic carbocycles. The van der Waals surface area contributed by atoms with E-state index in [2.05, 4.69) is 29.6 Å². The van der Waals surface area contributed by atoms with Crippen LogP contribution >= 0.6 is 0 Å². The molecule has 0 spiro atoms. The lowest BCUT2D eigenvalue weighted by Crippen LogP contribution is -2.57. The van der Waals surface area contributed by atoms with Crippen molar-refractivity contribution in [3.63, 3.8) is 0 Å². The first-order chi connectivity index (χ1) is 25.2. The van der Waals surface area contributed by atoms with Gasteiger partial charge < -0.3 is 24.6 Å². The molecule has 0 radical (unpaired) electrons. The number of amides is 2. The molecule has 3 atom stereocenters. The summed E-state index contributed by atoms with van der Waals surface area (Å²) in [7, 11) is 2.37. The average Bonchev–Trinajstić information content (AvgIpc) is 3.10. The fourth-order valence-corrected chi connectivity index (χ4v) is 5.50. The summed E-state index contributed by atoms with van der Waals surface area (Å²) in [5.74, 6) is 1.03. The Morgan fingerprint density at radius 3 is 2.09 bits per heavy atom.